The van der Waals surface area contributed by atoms with E-state index in [2.05, 4.69) is 16.0 Å². The van der Waals surface area contributed by atoms with Crippen molar-refractivity contribution in [2.75, 3.05) is 39.5 Å². The lowest BCUT2D eigenvalue weighted by molar-refractivity contribution is -0.00438. The normalized spacial score (nSPS) is 10.6. The van der Waals surface area contributed by atoms with Gasteiger partial charge in [-0.25, -0.2) is 14.4 Å². The molecule has 0 aromatic rings. The van der Waals surface area contributed by atoms with Gasteiger partial charge < -0.3 is 30.2 Å². The Morgan fingerprint density at radius 3 is 1.15 bits per heavy atom. The number of nitrogens with one attached hydrogen (secondary N) is 3. The number of carbonyl (C=O) groups is 3. The maximum absolute atomic E-state index is 11.6. The van der Waals surface area contributed by atoms with Crippen molar-refractivity contribution < 1.29 is 28.6 Å². The highest BCUT2D eigenvalue weighted by Gasteiger charge is 2.30. The zero-order chi connectivity index (χ0) is 19.8. The molecule has 0 fully saturated rings. The first-order valence-electron chi connectivity index (χ1n) is 9.08. The molecule has 9 heteroatoms. The Bertz CT molecular complexity index is 371. The van der Waals surface area contributed by atoms with Crippen LogP contribution in [0.2, 0.25) is 0 Å². The molecule has 0 saturated carbocycles. The number of rotatable bonds is 12. The van der Waals surface area contributed by atoms with E-state index in [1.165, 1.54) is 0 Å². The molecule has 0 aliphatic heterocycles. The quantitative estimate of drug-likeness (QED) is 0.451. The molecule has 3 N–H and O–H groups in total. The Kier molecular flexibility index (Phi) is 12.8. The fraction of sp³-hybridized carbons (Fsp3) is 0.824. The molecule has 0 rings (SSSR count). The highest BCUT2D eigenvalue weighted by atomic mass is 16.6. The second-order valence-corrected chi connectivity index (χ2v) is 6.32. The molecule has 0 heterocycles. The minimum Gasteiger partial charge on any atom is -0.449 e. The van der Waals surface area contributed by atoms with Crippen molar-refractivity contribution in [3.63, 3.8) is 0 Å². The molecule has 3 amide bonds. The largest absolute Gasteiger partial charge is 0.449 e. The minimum absolute atomic E-state index is 0.0648. The van der Waals surface area contributed by atoms with Crippen molar-refractivity contribution in [2.45, 2.75) is 47.0 Å². The standard InChI is InChI=1S/C17H33N3O6/c1-5-8-18-14(21)24-11-17(4,12-25-15(22)19-9-6-2)13-26-16(23)20-10-7-3/h5-13H2,1-4H3,(H,18,21)(H,19,22)(H,20,23). The molecule has 0 atom stereocenters. The summed E-state index contributed by atoms with van der Waals surface area (Å²) in [5.41, 5.74) is -0.864. The highest BCUT2D eigenvalue weighted by molar-refractivity contribution is 5.68. The molecule has 0 aliphatic carbocycles. The third kappa shape index (κ3) is 12.2. The molecule has 0 aliphatic rings. The Morgan fingerprint density at radius 2 is 0.923 bits per heavy atom. The molecule has 152 valence electrons. The van der Waals surface area contributed by atoms with Crippen LogP contribution in [0.4, 0.5) is 14.4 Å². The van der Waals surface area contributed by atoms with Gasteiger partial charge in [0.15, 0.2) is 0 Å². The minimum atomic E-state index is -0.864. The maximum Gasteiger partial charge on any atom is 0.407 e. The van der Waals surface area contributed by atoms with Crippen LogP contribution in [-0.2, 0) is 14.2 Å². The van der Waals surface area contributed by atoms with Gasteiger partial charge in [0, 0.05) is 19.6 Å². The van der Waals surface area contributed by atoms with Crippen LogP contribution in [0.1, 0.15) is 47.0 Å². The first-order valence-corrected chi connectivity index (χ1v) is 9.08. The lowest BCUT2D eigenvalue weighted by Crippen LogP contribution is -2.41. The van der Waals surface area contributed by atoms with Crippen LogP contribution in [0.3, 0.4) is 0 Å². The third-order valence-corrected chi connectivity index (χ3v) is 3.21. The van der Waals surface area contributed by atoms with Crippen molar-refractivity contribution in [1.82, 2.24) is 16.0 Å². The molecule has 0 radical (unpaired) electrons. The van der Waals surface area contributed by atoms with E-state index in [-0.39, 0.29) is 19.8 Å². The van der Waals surface area contributed by atoms with Gasteiger partial charge in [-0.05, 0) is 26.2 Å². The molecule has 9 nitrogen and oxygen atoms in total. The summed E-state index contributed by atoms with van der Waals surface area (Å²) in [4.78, 5) is 34.9. The third-order valence-electron chi connectivity index (χ3n) is 3.21. The number of alkyl carbamates (subject to hydrolysis) is 3. The van der Waals surface area contributed by atoms with Crippen molar-refractivity contribution >= 4 is 18.3 Å². The van der Waals surface area contributed by atoms with Crippen molar-refractivity contribution in [2.24, 2.45) is 5.41 Å². The summed E-state index contributed by atoms with van der Waals surface area (Å²) in [5.74, 6) is 0. The van der Waals surface area contributed by atoms with Gasteiger partial charge in [-0.15, -0.1) is 0 Å². The van der Waals surface area contributed by atoms with Crippen LogP contribution in [0.25, 0.3) is 0 Å². The number of hydrogen-bond donors (Lipinski definition) is 3. The summed E-state index contributed by atoms with van der Waals surface area (Å²) in [5, 5.41) is 7.77. The molecule has 0 aromatic carbocycles. The fourth-order valence-corrected chi connectivity index (χ4v) is 1.68. The average Bonchev–Trinajstić information content (AvgIpc) is 2.64. The number of hydrogen-bond acceptors (Lipinski definition) is 6. The summed E-state index contributed by atoms with van der Waals surface area (Å²) in [6.07, 6.45) is 0.659. The summed E-state index contributed by atoms with van der Waals surface area (Å²) >= 11 is 0. The lowest BCUT2D eigenvalue weighted by atomic mass is 9.94. The van der Waals surface area contributed by atoms with Crippen LogP contribution in [-0.4, -0.2) is 57.7 Å². The van der Waals surface area contributed by atoms with Crippen LogP contribution in [0.5, 0.6) is 0 Å². The van der Waals surface area contributed by atoms with Gasteiger partial charge >= 0.3 is 18.3 Å². The highest BCUT2D eigenvalue weighted by Crippen LogP contribution is 2.19. The van der Waals surface area contributed by atoms with Crippen molar-refractivity contribution in [1.29, 1.82) is 0 Å². The number of amides is 3. The number of ether oxygens (including phenoxy) is 3. The van der Waals surface area contributed by atoms with Gasteiger partial charge in [-0.2, -0.15) is 0 Å². The first-order chi connectivity index (χ1) is 12.4. The Labute approximate surface area is 155 Å². The topological polar surface area (TPSA) is 115 Å². The summed E-state index contributed by atoms with van der Waals surface area (Å²) in [6, 6.07) is 0. The van der Waals surface area contributed by atoms with Crippen molar-refractivity contribution in [3.05, 3.63) is 0 Å². The summed E-state index contributed by atoms with van der Waals surface area (Å²) in [7, 11) is 0. The van der Waals surface area contributed by atoms with Crippen LogP contribution in [0, 0.1) is 5.41 Å². The van der Waals surface area contributed by atoms with Crippen LogP contribution >= 0.6 is 0 Å². The zero-order valence-corrected chi connectivity index (χ0v) is 16.3. The van der Waals surface area contributed by atoms with E-state index in [4.69, 9.17) is 14.2 Å². The molecule has 0 saturated heterocycles. The zero-order valence-electron chi connectivity index (χ0n) is 16.3. The van der Waals surface area contributed by atoms with E-state index in [0.29, 0.717) is 19.6 Å². The summed E-state index contributed by atoms with van der Waals surface area (Å²) in [6.45, 7) is 8.80. The molecule has 0 spiro atoms. The van der Waals surface area contributed by atoms with E-state index in [1.807, 2.05) is 20.8 Å². The van der Waals surface area contributed by atoms with Gasteiger partial charge in [0.1, 0.15) is 19.8 Å². The van der Waals surface area contributed by atoms with E-state index in [9.17, 15) is 14.4 Å². The average molecular weight is 375 g/mol. The van der Waals surface area contributed by atoms with Gasteiger partial charge in [-0.3, -0.25) is 0 Å². The van der Waals surface area contributed by atoms with Gasteiger partial charge in [0.25, 0.3) is 0 Å². The van der Waals surface area contributed by atoms with E-state index < -0.39 is 23.7 Å². The fourth-order valence-electron chi connectivity index (χ4n) is 1.68. The van der Waals surface area contributed by atoms with E-state index in [1.54, 1.807) is 6.92 Å². The number of carbonyl (C=O) groups excluding carboxylic acids is 3. The van der Waals surface area contributed by atoms with Crippen molar-refractivity contribution in [3.8, 4) is 0 Å². The van der Waals surface area contributed by atoms with E-state index in [0.717, 1.165) is 19.3 Å². The lowest BCUT2D eigenvalue weighted by Gasteiger charge is -2.28. The van der Waals surface area contributed by atoms with Gasteiger partial charge in [-0.1, -0.05) is 20.8 Å². The van der Waals surface area contributed by atoms with Crippen LogP contribution < -0.4 is 16.0 Å². The Balaban J connectivity index is 4.60. The Hall–Kier alpha value is -2.19. The smallest absolute Gasteiger partial charge is 0.407 e. The molecular formula is C17H33N3O6. The monoisotopic (exact) mass is 375 g/mol. The summed E-state index contributed by atoms with van der Waals surface area (Å²) < 4.78 is 15.5. The van der Waals surface area contributed by atoms with Gasteiger partial charge in [0.2, 0.25) is 0 Å². The molecule has 0 aromatic heterocycles. The Morgan fingerprint density at radius 1 is 0.654 bits per heavy atom. The predicted molar refractivity (Wildman–Crippen MR) is 97.0 cm³/mol. The van der Waals surface area contributed by atoms with Crippen LogP contribution in [0.15, 0.2) is 0 Å². The molecule has 26 heavy (non-hydrogen) atoms. The predicted octanol–water partition coefficient (Wildman–Crippen LogP) is 2.40. The molecular weight excluding hydrogens is 342 g/mol. The maximum atomic E-state index is 11.6. The molecule has 0 bridgehead atoms. The van der Waals surface area contributed by atoms with E-state index >= 15 is 0 Å². The second kappa shape index (κ2) is 14.0. The van der Waals surface area contributed by atoms with Gasteiger partial charge in [0.05, 0.1) is 5.41 Å². The molecule has 0 unspecified atom stereocenters. The first kappa shape index (κ1) is 23.8. The SMILES string of the molecule is CCCNC(=O)OCC(C)(COC(=O)NCCC)COC(=O)NCCC. The second-order valence-electron chi connectivity index (χ2n) is 6.32.